The molecule has 1 aliphatic carbocycles. The van der Waals surface area contributed by atoms with Gasteiger partial charge in [-0.05, 0) is 31.6 Å². The summed E-state index contributed by atoms with van der Waals surface area (Å²) in [4.78, 5) is 0. The van der Waals surface area contributed by atoms with E-state index in [1.54, 1.807) is 0 Å². The van der Waals surface area contributed by atoms with Gasteiger partial charge in [0.05, 0.1) is 6.10 Å². The normalized spacial score (nSPS) is 20.4. The molecule has 0 spiro atoms. The lowest BCUT2D eigenvalue weighted by Crippen LogP contribution is -2.11. The van der Waals surface area contributed by atoms with Crippen LogP contribution in [0.3, 0.4) is 0 Å². The third-order valence-corrected chi connectivity index (χ3v) is 3.03. The molecule has 13 heavy (non-hydrogen) atoms. The van der Waals surface area contributed by atoms with Crippen molar-refractivity contribution in [3.63, 3.8) is 0 Å². The fraction of sp³-hybridized carbons (Fsp3) is 0.833. The smallest absolute Gasteiger partial charge is 0.0543 e. The first-order chi connectivity index (χ1) is 6.33. The lowest BCUT2D eigenvalue weighted by atomic mass is 9.97. The topological polar surface area (TPSA) is 20.2 Å². The van der Waals surface area contributed by atoms with Crippen LogP contribution in [0.5, 0.6) is 0 Å². The maximum absolute atomic E-state index is 9.70. The van der Waals surface area contributed by atoms with Crippen molar-refractivity contribution in [1.82, 2.24) is 0 Å². The van der Waals surface area contributed by atoms with Crippen LogP contribution >= 0.6 is 0 Å². The first-order valence-corrected chi connectivity index (χ1v) is 5.62. The maximum atomic E-state index is 9.70. The van der Waals surface area contributed by atoms with Crippen molar-refractivity contribution in [2.45, 2.75) is 57.5 Å². The van der Waals surface area contributed by atoms with Gasteiger partial charge < -0.3 is 5.11 Å². The van der Waals surface area contributed by atoms with Gasteiger partial charge in [0.15, 0.2) is 0 Å². The van der Waals surface area contributed by atoms with Crippen LogP contribution in [0, 0.1) is 5.92 Å². The number of allylic oxidation sites excluding steroid dienone is 1. The average Bonchev–Trinajstić information content (AvgIpc) is 2.57. The Morgan fingerprint density at radius 3 is 2.69 bits per heavy atom. The van der Waals surface area contributed by atoms with Gasteiger partial charge in [-0.25, -0.2) is 0 Å². The molecule has 1 aliphatic rings. The van der Waals surface area contributed by atoms with Crippen molar-refractivity contribution >= 4 is 0 Å². The molecule has 0 aromatic rings. The van der Waals surface area contributed by atoms with E-state index in [1.165, 1.54) is 25.7 Å². The van der Waals surface area contributed by atoms with E-state index in [0.717, 1.165) is 31.6 Å². The largest absolute Gasteiger partial charge is 0.393 e. The molecule has 1 fully saturated rings. The molecule has 0 radical (unpaired) electrons. The number of aliphatic hydroxyl groups is 1. The van der Waals surface area contributed by atoms with Crippen molar-refractivity contribution < 1.29 is 5.11 Å². The van der Waals surface area contributed by atoms with E-state index < -0.39 is 0 Å². The summed E-state index contributed by atoms with van der Waals surface area (Å²) >= 11 is 0. The van der Waals surface area contributed by atoms with Crippen LogP contribution in [0.25, 0.3) is 0 Å². The fourth-order valence-electron chi connectivity index (χ4n) is 2.25. The summed E-state index contributed by atoms with van der Waals surface area (Å²) in [5, 5.41) is 9.70. The third-order valence-electron chi connectivity index (χ3n) is 3.03. The summed E-state index contributed by atoms with van der Waals surface area (Å²) in [6, 6.07) is 0. The molecule has 76 valence electrons. The first-order valence-electron chi connectivity index (χ1n) is 5.62. The van der Waals surface area contributed by atoms with Crippen molar-refractivity contribution in [2.75, 3.05) is 0 Å². The van der Waals surface area contributed by atoms with Gasteiger partial charge in [0, 0.05) is 0 Å². The van der Waals surface area contributed by atoms with Gasteiger partial charge in [-0.1, -0.05) is 31.8 Å². The van der Waals surface area contributed by atoms with Crippen LogP contribution < -0.4 is 0 Å². The summed E-state index contributed by atoms with van der Waals surface area (Å²) in [5.74, 6) is 0.818. The summed E-state index contributed by atoms with van der Waals surface area (Å²) in [6.07, 6.45) is 11.5. The Labute approximate surface area is 81.9 Å². The van der Waals surface area contributed by atoms with E-state index in [-0.39, 0.29) is 6.10 Å². The van der Waals surface area contributed by atoms with Crippen LogP contribution in [0.2, 0.25) is 0 Å². The Balaban J connectivity index is 2.02. The molecule has 0 bridgehead atoms. The van der Waals surface area contributed by atoms with E-state index in [1.807, 2.05) is 6.08 Å². The van der Waals surface area contributed by atoms with E-state index in [2.05, 4.69) is 6.58 Å². The summed E-state index contributed by atoms with van der Waals surface area (Å²) < 4.78 is 0. The predicted octanol–water partition coefficient (Wildman–Crippen LogP) is 3.28. The molecule has 0 amide bonds. The van der Waals surface area contributed by atoms with Crippen molar-refractivity contribution in [2.24, 2.45) is 5.92 Å². The molecule has 1 heteroatoms. The molecule has 0 aromatic heterocycles. The number of rotatable bonds is 6. The van der Waals surface area contributed by atoms with Gasteiger partial charge in [0.2, 0.25) is 0 Å². The Hall–Kier alpha value is -0.300. The molecule has 1 unspecified atom stereocenters. The van der Waals surface area contributed by atoms with Crippen molar-refractivity contribution in [1.29, 1.82) is 0 Å². The molecule has 1 nitrogen and oxygen atoms in total. The third kappa shape index (κ3) is 4.47. The second-order valence-corrected chi connectivity index (χ2v) is 4.26. The van der Waals surface area contributed by atoms with Crippen LogP contribution in [0.1, 0.15) is 51.4 Å². The summed E-state index contributed by atoms with van der Waals surface area (Å²) in [6.45, 7) is 3.68. The Morgan fingerprint density at radius 1 is 1.38 bits per heavy atom. The maximum Gasteiger partial charge on any atom is 0.0543 e. The van der Waals surface area contributed by atoms with E-state index >= 15 is 0 Å². The highest BCUT2D eigenvalue weighted by atomic mass is 16.3. The fourth-order valence-corrected chi connectivity index (χ4v) is 2.25. The van der Waals surface area contributed by atoms with Crippen LogP contribution in [0.15, 0.2) is 12.7 Å². The van der Waals surface area contributed by atoms with Gasteiger partial charge in [-0.2, -0.15) is 0 Å². The van der Waals surface area contributed by atoms with Gasteiger partial charge in [0.1, 0.15) is 0 Å². The quantitative estimate of drug-likeness (QED) is 0.493. The molecule has 0 aromatic carbocycles. The lowest BCUT2D eigenvalue weighted by Gasteiger charge is -2.14. The van der Waals surface area contributed by atoms with Gasteiger partial charge in [-0.15, -0.1) is 6.58 Å². The minimum Gasteiger partial charge on any atom is -0.393 e. The second kappa shape index (κ2) is 6.20. The first kappa shape index (κ1) is 10.8. The van der Waals surface area contributed by atoms with Crippen molar-refractivity contribution in [3.05, 3.63) is 12.7 Å². The highest BCUT2D eigenvalue weighted by molar-refractivity contribution is 4.72. The molecule has 1 atom stereocenters. The van der Waals surface area contributed by atoms with Gasteiger partial charge >= 0.3 is 0 Å². The average molecular weight is 182 g/mol. The molecule has 0 aliphatic heterocycles. The molecule has 1 rings (SSSR count). The lowest BCUT2D eigenvalue weighted by molar-refractivity contribution is 0.132. The minimum atomic E-state index is -0.0527. The number of aliphatic hydroxyl groups excluding tert-OH is 1. The zero-order valence-electron chi connectivity index (χ0n) is 8.54. The van der Waals surface area contributed by atoms with Gasteiger partial charge in [-0.3, -0.25) is 0 Å². The van der Waals surface area contributed by atoms with Gasteiger partial charge in [0.25, 0.3) is 0 Å². The number of unbranched alkanes of at least 4 members (excludes halogenated alkanes) is 1. The molecule has 0 heterocycles. The molecule has 1 N–H and O–H groups in total. The van der Waals surface area contributed by atoms with Crippen LogP contribution in [0.4, 0.5) is 0 Å². The second-order valence-electron chi connectivity index (χ2n) is 4.26. The van der Waals surface area contributed by atoms with E-state index in [9.17, 15) is 5.11 Å². The number of hydrogen-bond donors (Lipinski definition) is 1. The molecule has 1 saturated carbocycles. The Kier molecular flexibility index (Phi) is 5.14. The highest BCUT2D eigenvalue weighted by Crippen LogP contribution is 2.29. The van der Waals surface area contributed by atoms with Crippen molar-refractivity contribution in [3.8, 4) is 0 Å². The molecule has 0 saturated heterocycles. The standard InChI is InChI=1S/C12H22O/c1-2-3-4-9-12(13)10-11-7-5-6-8-11/h2,11-13H,1,3-10H2. The number of hydrogen-bond acceptors (Lipinski definition) is 1. The van der Waals surface area contributed by atoms with E-state index in [0.29, 0.717) is 0 Å². The highest BCUT2D eigenvalue weighted by Gasteiger charge is 2.18. The molecular formula is C12H22O. The minimum absolute atomic E-state index is 0.0527. The Morgan fingerprint density at radius 2 is 2.08 bits per heavy atom. The summed E-state index contributed by atoms with van der Waals surface area (Å²) in [5.41, 5.74) is 0. The van der Waals surface area contributed by atoms with Crippen LogP contribution in [-0.2, 0) is 0 Å². The van der Waals surface area contributed by atoms with E-state index in [4.69, 9.17) is 0 Å². The zero-order chi connectivity index (χ0) is 9.52. The Bertz CT molecular complexity index is 136. The zero-order valence-corrected chi connectivity index (χ0v) is 8.54. The SMILES string of the molecule is C=CCCCC(O)CC1CCCC1. The molecular weight excluding hydrogens is 160 g/mol. The monoisotopic (exact) mass is 182 g/mol. The predicted molar refractivity (Wildman–Crippen MR) is 56.6 cm³/mol. The van der Waals surface area contributed by atoms with Crippen LogP contribution in [-0.4, -0.2) is 11.2 Å². The summed E-state index contributed by atoms with van der Waals surface area (Å²) in [7, 11) is 0.